The second kappa shape index (κ2) is 8.00. The van der Waals surface area contributed by atoms with Gasteiger partial charge in [0.15, 0.2) is 5.11 Å². The number of carboxylic acid groups (broad SMARTS) is 1. The minimum absolute atomic E-state index is 0.0125. The first-order valence-electron chi connectivity index (χ1n) is 9.33. The van der Waals surface area contributed by atoms with Crippen LogP contribution in [0.15, 0.2) is 72.4 Å². The summed E-state index contributed by atoms with van der Waals surface area (Å²) >= 11 is 5.24. The van der Waals surface area contributed by atoms with E-state index in [2.05, 4.69) is 5.32 Å². The van der Waals surface area contributed by atoms with Crippen molar-refractivity contribution in [2.45, 2.75) is 6.92 Å². The van der Waals surface area contributed by atoms with E-state index in [1.54, 1.807) is 47.2 Å². The highest BCUT2D eigenvalue weighted by Gasteiger charge is 2.35. The zero-order valence-corrected chi connectivity index (χ0v) is 17.2. The number of para-hydroxylation sites is 1. The molecule has 2 amide bonds. The number of aromatic nitrogens is 1. The van der Waals surface area contributed by atoms with E-state index in [1.807, 2.05) is 19.1 Å². The highest BCUT2D eigenvalue weighted by Crippen LogP contribution is 2.25. The number of carboxylic acids is 1. The van der Waals surface area contributed by atoms with Crippen LogP contribution in [-0.4, -0.2) is 27.5 Å². The fourth-order valence-electron chi connectivity index (χ4n) is 3.37. The van der Waals surface area contributed by atoms with E-state index < -0.39 is 17.8 Å². The summed E-state index contributed by atoms with van der Waals surface area (Å²) in [5.41, 5.74) is 2.41. The first-order valence-corrected chi connectivity index (χ1v) is 9.74. The largest absolute Gasteiger partial charge is 0.545 e. The van der Waals surface area contributed by atoms with Crippen LogP contribution in [0.1, 0.15) is 21.6 Å². The van der Waals surface area contributed by atoms with Gasteiger partial charge in [0, 0.05) is 17.6 Å². The zero-order valence-electron chi connectivity index (χ0n) is 16.4. The fraction of sp³-hybridized carbons (Fsp3) is 0.0435. The minimum Gasteiger partial charge on any atom is -0.545 e. The van der Waals surface area contributed by atoms with Gasteiger partial charge in [-0.1, -0.05) is 30.3 Å². The van der Waals surface area contributed by atoms with Crippen LogP contribution in [0, 0.1) is 6.92 Å². The molecule has 4 rings (SSSR count). The van der Waals surface area contributed by atoms with E-state index in [0.717, 1.165) is 5.56 Å². The normalized spacial score (nSPS) is 15.3. The molecule has 8 heteroatoms. The average Bonchev–Trinajstić information content (AvgIpc) is 3.21. The molecule has 0 bridgehead atoms. The lowest BCUT2D eigenvalue weighted by molar-refractivity contribution is -0.255. The van der Waals surface area contributed by atoms with Crippen LogP contribution in [0.4, 0.5) is 5.69 Å². The third-order valence-electron chi connectivity index (χ3n) is 4.89. The Morgan fingerprint density at radius 2 is 1.84 bits per heavy atom. The van der Waals surface area contributed by atoms with E-state index in [0.29, 0.717) is 17.1 Å². The van der Waals surface area contributed by atoms with E-state index in [4.69, 9.17) is 12.2 Å². The lowest BCUT2D eigenvalue weighted by Crippen LogP contribution is -2.54. The number of nitrogens with one attached hydrogen (secondary N) is 1. The van der Waals surface area contributed by atoms with Crippen LogP contribution < -0.4 is 15.3 Å². The van der Waals surface area contributed by atoms with E-state index >= 15 is 0 Å². The Morgan fingerprint density at radius 1 is 1.06 bits per heavy atom. The van der Waals surface area contributed by atoms with Gasteiger partial charge in [-0.15, -0.1) is 0 Å². The Kier molecular flexibility index (Phi) is 5.22. The lowest BCUT2D eigenvalue weighted by atomic mass is 10.1. The van der Waals surface area contributed by atoms with Gasteiger partial charge in [0.05, 0.1) is 11.7 Å². The standard InChI is InChI=1S/C23H17N3O4S/c1-14-6-2-3-10-19(14)26-21(28)18(20(27)24-23(26)31)13-17-9-5-11-25(17)16-8-4-7-15(12-16)22(29)30/h2-13H,1H3,(H,29,30)(H,24,27,31)/p-1/b18-13-. The lowest BCUT2D eigenvalue weighted by Gasteiger charge is -2.30. The van der Waals surface area contributed by atoms with Crippen LogP contribution in [0.25, 0.3) is 11.8 Å². The molecule has 1 fully saturated rings. The number of hydrogen-bond donors (Lipinski definition) is 1. The van der Waals surface area contributed by atoms with Gasteiger partial charge in [0.25, 0.3) is 11.8 Å². The number of thiocarbonyl (C=S) groups is 1. The second-order valence-electron chi connectivity index (χ2n) is 6.89. The third-order valence-corrected chi connectivity index (χ3v) is 5.18. The highest BCUT2D eigenvalue weighted by molar-refractivity contribution is 7.80. The molecule has 31 heavy (non-hydrogen) atoms. The molecule has 0 saturated carbocycles. The van der Waals surface area contributed by atoms with Crippen molar-refractivity contribution in [2.24, 2.45) is 0 Å². The molecule has 7 nitrogen and oxygen atoms in total. The number of carbonyl (C=O) groups is 3. The first kappa shape index (κ1) is 20.2. The molecule has 2 aromatic carbocycles. The van der Waals surface area contributed by atoms with E-state index in [1.165, 1.54) is 23.1 Å². The van der Waals surface area contributed by atoms with Crippen molar-refractivity contribution in [3.8, 4) is 5.69 Å². The van der Waals surface area contributed by atoms with Crippen molar-refractivity contribution in [3.63, 3.8) is 0 Å². The quantitative estimate of drug-likeness (QED) is 0.388. The molecule has 0 spiro atoms. The number of carbonyl (C=O) groups excluding carboxylic acids is 3. The van der Waals surface area contributed by atoms with Crippen LogP contribution in [0.2, 0.25) is 0 Å². The van der Waals surface area contributed by atoms with Gasteiger partial charge in [0.1, 0.15) is 5.57 Å². The van der Waals surface area contributed by atoms with Gasteiger partial charge >= 0.3 is 0 Å². The van der Waals surface area contributed by atoms with E-state index in [9.17, 15) is 19.5 Å². The molecule has 0 unspecified atom stereocenters. The highest BCUT2D eigenvalue weighted by atomic mass is 32.1. The van der Waals surface area contributed by atoms with Crippen molar-refractivity contribution in [3.05, 3.63) is 89.3 Å². The topological polar surface area (TPSA) is 94.5 Å². The van der Waals surface area contributed by atoms with Crippen LogP contribution in [-0.2, 0) is 9.59 Å². The molecule has 3 aromatic rings. The van der Waals surface area contributed by atoms with Crippen molar-refractivity contribution < 1.29 is 19.5 Å². The molecule has 1 saturated heterocycles. The molecule has 0 atom stereocenters. The summed E-state index contributed by atoms with van der Waals surface area (Å²) in [7, 11) is 0. The second-order valence-corrected chi connectivity index (χ2v) is 7.27. The first-order chi connectivity index (χ1) is 14.9. The summed E-state index contributed by atoms with van der Waals surface area (Å²) in [6, 6.07) is 16.9. The molecular formula is C23H16N3O4S-. The summed E-state index contributed by atoms with van der Waals surface area (Å²) < 4.78 is 1.67. The molecule has 1 N–H and O–H groups in total. The van der Waals surface area contributed by atoms with Gasteiger partial charge in [-0.2, -0.15) is 0 Å². The fourth-order valence-corrected chi connectivity index (χ4v) is 3.64. The zero-order chi connectivity index (χ0) is 22.1. The number of rotatable bonds is 4. The number of amides is 2. The number of benzene rings is 2. The molecular weight excluding hydrogens is 414 g/mol. The summed E-state index contributed by atoms with van der Waals surface area (Å²) in [6.45, 7) is 1.85. The van der Waals surface area contributed by atoms with Gasteiger partial charge in [-0.25, -0.2) is 0 Å². The Bertz CT molecular complexity index is 1280. The minimum atomic E-state index is -1.29. The number of nitrogens with zero attached hydrogens (tertiary/aromatic N) is 2. The van der Waals surface area contributed by atoms with Gasteiger partial charge in [0.2, 0.25) is 0 Å². The molecule has 2 heterocycles. The van der Waals surface area contributed by atoms with Gasteiger partial charge in [-0.05, 0) is 66.7 Å². The van der Waals surface area contributed by atoms with Gasteiger partial charge < -0.3 is 14.5 Å². The molecule has 1 aliphatic heterocycles. The van der Waals surface area contributed by atoms with Crippen LogP contribution in [0.5, 0.6) is 0 Å². The maximum atomic E-state index is 13.2. The number of anilines is 1. The predicted octanol–water partition coefficient (Wildman–Crippen LogP) is 1.98. The maximum Gasteiger partial charge on any atom is 0.270 e. The Morgan fingerprint density at radius 3 is 2.58 bits per heavy atom. The SMILES string of the molecule is Cc1ccccc1N1C(=O)/C(=C\c2cccn2-c2cccc(C(=O)[O-])c2)C(=O)NC1=S. The number of aromatic carboxylic acids is 1. The molecule has 0 radical (unpaired) electrons. The Labute approximate surface area is 183 Å². The predicted molar refractivity (Wildman–Crippen MR) is 117 cm³/mol. The van der Waals surface area contributed by atoms with E-state index in [-0.39, 0.29) is 16.2 Å². The van der Waals surface area contributed by atoms with Crippen LogP contribution in [0.3, 0.4) is 0 Å². The monoisotopic (exact) mass is 430 g/mol. The average molecular weight is 430 g/mol. The van der Waals surface area contributed by atoms with Crippen LogP contribution >= 0.6 is 12.2 Å². The van der Waals surface area contributed by atoms with Gasteiger partial charge in [-0.3, -0.25) is 19.8 Å². The number of hydrogen-bond acceptors (Lipinski definition) is 5. The van der Waals surface area contributed by atoms with Crippen molar-refractivity contribution >= 4 is 46.9 Å². The summed E-state index contributed by atoms with van der Waals surface area (Å²) in [5.74, 6) is -2.44. The molecule has 1 aliphatic rings. The Balaban J connectivity index is 1.77. The van der Waals surface area contributed by atoms with Crippen molar-refractivity contribution in [2.75, 3.05) is 4.90 Å². The van der Waals surface area contributed by atoms with Crippen molar-refractivity contribution in [1.82, 2.24) is 9.88 Å². The summed E-state index contributed by atoms with van der Waals surface area (Å²) in [5, 5.41) is 13.8. The smallest absolute Gasteiger partial charge is 0.270 e. The third kappa shape index (κ3) is 3.76. The number of aryl methyl sites for hydroxylation is 1. The summed E-state index contributed by atoms with van der Waals surface area (Å²) in [6.07, 6.45) is 3.16. The molecule has 1 aromatic heterocycles. The van der Waals surface area contributed by atoms with Crippen molar-refractivity contribution in [1.29, 1.82) is 0 Å². The Hall–Kier alpha value is -4.04. The maximum absolute atomic E-state index is 13.2. The molecule has 154 valence electrons. The molecule has 0 aliphatic carbocycles. The summed E-state index contributed by atoms with van der Waals surface area (Å²) in [4.78, 5) is 38.3.